The molecule has 1 amide bonds. The summed E-state index contributed by atoms with van der Waals surface area (Å²) in [6, 6.07) is 12.9. The van der Waals surface area contributed by atoms with Gasteiger partial charge in [0.15, 0.2) is 11.3 Å². The van der Waals surface area contributed by atoms with Crippen LogP contribution >= 0.6 is 11.3 Å². The van der Waals surface area contributed by atoms with Gasteiger partial charge in [-0.3, -0.25) is 14.0 Å². The smallest absolute Gasteiger partial charge is 0.225 e. The van der Waals surface area contributed by atoms with E-state index in [9.17, 15) is 9.59 Å². The van der Waals surface area contributed by atoms with Crippen LogP contribution in [0, 0.1) is 12.3 Å². The predicted octanol–water partition coefficient (Wildman–Crippen LogP) is 3.67. The Bertz CT molecular complexity index is 1250. The maximum Gasteiger partial charge on any atom is 0.225 e. The summed E-state index contributed by atoms with van der Waals surface area (Å²) >= 11 is 1.37. The van der Waals surface area contributed by atoms with E-state index in [2.05, 4.69) is 15.9 Å². The van der Waals surface area contributed by atoms with Gasteiger partial charge in [-0.1, -0.05) is 24.1 Å². The zero-order valence-corrected chi connectivity index (χ0v) is 16.4. The van der Waals surface area contributed by atoms with Crippen molar-refractivity contribution in [2.75, 3.05) is 11.4 Å². The number of hydrogen-bond donors (Lipinski definition) is 0. The Labute approximate surface area is 171 Å². The summed E-state index contributed by atoms with van der Waals surface area (Å²) in [4.78, 5) is 35.5. The van der Waals surface area contributed by atoms with Crippen molar-refractivity contribution >= 4 is 34.4 Å². The molecule has 7 heteroatoms. The average molecular weight is 400 g/mol. The van der Waals surface area contributed by atoms with Crippen LogP contribution < -0.4 is 4.90 Å². The number of ketones is 1. The SMILES string of the molecule is C#CCN(C(C)=O)c1cccc(-c2ccnc3c(C(=O)c4cccs4)ncn23)c1. The first-order chi connectivity index (χ1) is 14.1. The standard InChI is InChI=1S/C22H16N4O2S/c1-3-11-25(15(2)27)17-7-4-6-16(13-17)18-9-10-23-22-20(24-14-26(18)22)21(28)19-8-5-12-29-19/h1,4-10,12-14H,11H2,2H3. The number of aromatic nitrogens is 3. The molecule has 6 nitrogen and oxygen atoms in total. The summed E-state index contributed by atoms with van der Waals surface area (Å²) in [6.07, 6.45) is 8.64. The summed E-state index contributed by atoms with van der Waals surface area (Å²) in [5.41, 5.74) is 3.15. The maximum absolute atomic E-state index is 12.8. The van der Waals surface area contributed by atoms with Crippen LogP contribution in [0.3, 0.4) is 0 Å². The Kier molecular flexibility index (Phi) is 4.94. The Morgan fingerprint density at radius 3 is 2.79 bits per heavy atom. The van der Waals surface area contributed by atoms with Gasteiger partial charge in [-0.05, 0) is 29.6 Å². The molecule has 0 unspecified atom stereocenters. The molecule has 0 N–H and O–H groups in total. The monoisotopic (exact) mass is 400 g/mol. The molecule has 0 radical (unpaired) electrons. The molecular weight excluding hydrogens is 384 g/mol. The largest absolute Gasteiger partial charge is 0.301 e. The summed E-state index contributed by atoms with van der Waals surface area (Å²) in [5, 5.41) is 1.85. The summed E-state index contributed by atoms with van der Waals surface area (Å²) in [5.74, 6) is 2.22. The van der Waals surface area contributed by atoms with E-state index in [1.807, 2.05) is 41.8 Å². The zero-order chi connectivity index (χ0) is 20.4. The first kappa shape index (κ1) is 18.6. The number of anilines is 1. The second kappa shape index (κ2) is 7.70. The van der Waals surface area contributed by atoms with Gasteiger partial charge in [0, 0.05) is 24.4 Å². The predicted molar refractivity (Wildman–Crippen MR) is 113 cm³/mol. The van der Waals surface area contributed by atoms with Crippen molar-refractivity contribution in [1.29, 1.82) is 0 Å². The normalized spacial score (nSPS) is 10.6. The van der Waals surface area contributed by atoms with E-state index < -0.39 is 0 Å². The summed E-state index contributed by atoms with van der Waals surface area (Å²) in [6.45, 7) is 1.67. The van der Waals surface area contributed by atoms with Gasteiger partial charge >= 0.3 is 0 Å². The molecule has 1 aromatic carbocycles. The minimum absolute atomic E-state index is 0.133. The van der Waals surface area contributed by atoms with Crippen LogP contribution in [0.1, 0.15) is 22.3 Å². The molecule has 29 heavy (non-hydrogen) atoms. The third-order valence-corrected chi connectivity index (χ3v) is 5.34. The van der Waals surface area contributed by atoms with Gasteiger partial charge in [0.1, 0.15) is 6.33 Å². The molecule has 0 aliphatic rings. The number of carbonyl (C=O) groups is 2. The van der Waals surface area contributed by atoms with Crippen molar-refractivity contribution in [2.24, 2.45) is 0 Å². The van der Waals surface area contributed by atoms with Crippen LogP contribution in [0.15, 0.2) is 60.4 Å². The Morgan fingerprint density at radius 1 is 1.21 bits per heavy atom. The van der Waals surface area contributed by atoms with Gasteiger partial charge in [0.05, 0.1) is 17.1 Å². The lowest BCUT2D eigenvalue weighted by Crippen LogP contribution is -2.28. The number of fused-ring (bicyclic) bond motifs is 1. The number of thiophene rings is 1. The van der Waals surface area contributed by atoms with Crippen LogP contribution in [0.5, 0.6) is 0 Å². The van der Waals surface area contributed by atoms with E-state index in [4.69, 9.17) is 6.42 Å². The molecule has 3 heterocycles. The second-order valence-corrected chi connectivity index (χ2v) is 7.23. The fourth-order valence-electron chi connectivity index (χ4n) is 3.13. The Hall–Kier alpha value is -3.76. The third kappa shape index (κ3) is 3.42. The van der Waals surface area contributed by atoms with E-state index in [-0.39, 0.29) is 18.2 Å². The topological polar surface area (TPSA) is 67.6 Å². The first-order valence-electron chi connectivity index (χ1n) is 8.82. The Morgan fingerprint density at radius 2 is 2.07 bits per heavy atom. The molecule has 0 aliphatic carbocycles. The minimum atomic E-state index is -0.155. The fraction of sp³-hybridized carbons (Fsp3) is 0.0909. The van der Waals surface area contributed by atoms with Crippen LogP contribution in [0.4, 0.5) is 5.69 Å². The lowest BCUT2D eigenvalue weighted by molar-refractivity contribution is -0.116. The van der Waals surface area contributed by atoms with Crippen LogP contribution in [0.2, 0.25) is 0 Å². The number of benzene rings is 1. The average Bonchev–Trinajstić information content (AvgIpc) is 3.41. The number of terminal acetylenes is 1. The number of imidazole rings is 1. The highest BCUT2D eigenvalue weighted by molar-refractivity contribution is 7.12. The van der Waals surface area contributed by atoms with E-state index in [0.29, 0.717) is 21.9 Å². The molecule has 142 valence electrons. The summed E-state index contributed by atoms with van der Waals surface area (Å²) < 4.78 is 1.78. The molecule has 0 fully saturated rings. The molecule has 0 saturated carbocycles. The van der Waals surface area contributed by atoms with Crippen LogP contribution in [-0.2, 0) is 4.79 Å². The van der Waals surface area contributed by atoms with E-state index in [0.717, 1.165) is 11.3 Å². The molecule has 0 bridgehead atoms. The molecule has 0 saturated heterocycles. The lowest BCUT2D eigenvalue weighted by atomic mass is 10.1. The lowest BCUT2D eigenvalue weighted by Gasteiger charge is -2.19. The molecule has 0 spiro atoms. The molecule has 4 aromatic rings. The van der Waals surface area contributed by atoms with Crippen molar-refractivity contribution in [2.45, 2.75) is 6.92 Å². The second-order valence-electron chi connectivity index (χ2n) is 6.28. The molecule has 0 atom stereocenters. The molecule has 3 aromatic heterocycles. The van der Waals surface area contributed by atoms with Gasteiger partial charge < -0.3 is 4.90 Å². The van der Waals surface area contributed by atoms with E-state index in [1.54, 1.807) is 23.0 Å². The minimum Gasteiger partial charge on any atom is -0.301 e. The van der Waals surface area contributed by atoms with E-state index in [1.165, 1.54) is 23.2 Å². The van der Waals surface area contributed by atoms with Gasteiger partial charge in [0.2, 0.25) is 11.7 Å². The zero-order valence-electron chi connectivity index (χ0n) is 15.6. The van der Waals surface area contributed by atoms with Crippen LogP contribution in [-0.4, -0.2) is 32.6 Å². The van der Waals surface area contributed by atoms with Crippen molar-refractivity contribution in [1.82, 2.24) is 14.4 Å². The fourth-order valence-corrected chi connectivity index (χ4v) is 3.79. The first-order valence-corrected chi connectivity index (χ1v) is 9.70. The third-order valence-electron chi connectivity index (χ3n) is 4.47. The van der Waals surface area contributed by atoms with Gasteiger partial charge in [-0.25, -0.2) is 9.97 Å². The van der Waals surface area contributed by atoms with Gasteiger partial charge in [-0.2, -0.15) is 0 Å². The quantitative estimate of drug-likeness (QED) is 0.379. The Balaban J connectivity index is 1.80. The number of amides is 1. The molecule has 4 rings (SSSR count). The van der Waals surface area contributed by atoms with Crippen molar-refractivity contribution in [3.8, 4) is 23.6 Å². The number of rotatable bonds is 5. The highest BCUT2D eigenvalue weighted by Crippen LogP contribution is 2.27. The number of nitrogens with zero attached hydrogens (tertiary/aromatic N) is 4. The van der Waals surface area contributed by atoms with Crippen molar-refractivity contribution in [3.05, 3.63) is 70.9 Å². The summed E-state index contributed by atoms with van der Waals surface area (Å²) in [7, 11) is 0. The molecular formula is C22H16N4O2S. The van der Waals surface area contributed by atoms with E-state index >= 15 is 0 Å². The highest BCUT2D eigenvalue weighted by atomic mass is 32.1. The van der Waals surface area contributed by atoms with Crippen molar-refractivity contribution in [3.63, 3.8) is 0 Å². The number of carbonyl (C=O) groups excluding carboxylic acids is 2. The maximum atomic E-state index is 12.8. The molecule has 0 aliphatic heterocycles. The highest BCUT2D eigenvalue weighted by Gasteiger charge is 2.19. The van der Waals surface area contributed by atoms with Crippen LogP contribution in [0.25, 0.3) is 16.9 Å². The van der Waals surface area contributed by atoms with Gasteiger partial charge in [-0.15, -0.1) is 17.8 Å². The van der Waals surface area contributed by atoms with Crippen molar-refractivity contribution < 1.29 is 9.59 Å². The number of hydrogen-bond acceptors (Lipinski definition) is 5. The van der Waals surface area contributed by atoms with Gasteiger partial charge in [0.25, 0.3) is 0 Å².